The maximum absolute atomic E-state index is 9.64. The Labute approximate surface area is 169 Å². The summed E-state index contributed by atoms with van der Waals surface area (Å²) in [6.45, 7) is 0. The molecule has 0 unspecified atom stereocenters. The first-order chi connectivity index (χ1) is 12.7. The molecule has 5 heteroatoms. The molecule has 0 fully saturated rings. The molecule has 3 rings (SSSR count). The molecule has 1 aromatic heterocycles. The van der Waals surface area contributed by atoms with Crippen LogP contribution in [0.3, 0.4) is 0 Å². The van der Waals surface area contributed by atoms with Crippen LogP contribution in [0.4, 0.5) is 0 Å². The first-order valence-electron chi connectivity index (χ1n) is 7.99. The second-order valence-corrected chi connectivity index (χ2v) is 6.83. The number of pyridine rings is 1. The Balaban J connectivity index is 2.16. The highest BCUT2D eigenvalue weighted by molar-refractivity contribution is 9.08. The average molecular weight is 472 g/mol. The molecule has 0 saturated carbocycles. The monoisotopic (exact) mass is 470 g/mol. The summed E-state index contributed by atoms with van der Waals surface area (Å²) in [5, 5.41) is 11.2. The summed E-state index contributed by atoms with van der Waals surface area (Å²) < 4.78 is 5.40. The van der Waals surface area contributed by atoms with Crippen molar-refractivity contribution in [2.24, 2.45) is 0 Å². The highest BCUT2D eigenvalue weighted by Gasteiger charge is 2.16. The number of ether oxygens (including phenoxy) is 1. The number of rotatable bonds is 5. The lowest BCUT2D eigenvalue weighted by Gasteiger charge is -2.12. The maximum Gasteiger partial charge on any atom is 0.232 e. The van der Waals surface area contributed by atoms with Crippen molar-refractivity contribution in [1.29, 1.82) is 5.26 Å². The number of nitriles is 1. The van der Waals surface area contributed by atoms with Crippen LogP contribution in [0.2, 0.25) is 0 Å². The molecule has 0 aliphatic heterocycles. The largest absolute Gasteiger partial charge is 0.480 e. The summed E-state index contributed by atoms with van der Waals surface area (Å²) in [5.74, 6) is 0.342. The van der Waals surface area contributed by atoms with Gasteiger partial charge >= 0.3 is 0 Å². The van der Waals surface area contributed by atoms with Gasteiger partial charge in [0.05, 0.1) is 12.8 Å². The molecule has 0 atom stereocenters. The number of alkyl halides is 2. The van der Waals surface area contributed by atoms with Crippen LogP contribution in [0.5, 0.6) is 5.88 Å². The summed E-state index contributed by atoms with van der Waals surface area (Å²) >= 11 is 6.92. The van der Waals surface area contributed by atoms with E-state index in [9.17, 15) is 5.26 Å². The van der Waals surface area contributed by atoms with Crippen molar-refractivity contribution in [3.05, 3.63) is 71.3 Å². The van der Waals surface area contributed by atoms with E-state index in [2.05, 4.69) is 55.0 Å². The number of methoxy groups -OCH3 is 1. The normalized spacial score (nSPS) is 10.4. The predicted molar refractivity (Wildman–Crippen MR) is 112 cm³/mol. The highest BCUT2D eigenvalue weighted by Crippen LogP contribution is 2.33. The topological polar surface area (TPSA) is 45.9 Å². The lowest BCUT2D eigenvalue weighted by atomic mass is 9.98. The van der Waals surface area contributed by atoms with Crippen LogP contribution in [0.15, 0.2) is 54.6 Å². The molecule has 0 saturated heterocycles. The van der Waals surface area contributed by atoms with Crippen molar-refractivity contribution in [3.8, 4) is 34.3 Å². The highest BCUT2D eigenvalue weighted by atomic mass is 79.9. The van der Waals surface area contributed by atoms with E-state index in [4.69, 9.17) is 4.74 Å². The molecule has 0 bridgehead atoms. The van der Waals surface area contributed by atoms with Crippen molar-refractivity contribution < 1.29 is 4.74 Å². The van der Waals surface area contributed by atoms with Crippen LogP contribution in [-0.4, -0.2) is 12.1 Å². The fraction of sp³-hybridized carbons (Fsp3) is 0.143. The van der Waals surface area contributed by atoms with Crippen molar-refractivity contribution in [2.75, 3.05) is 7.11 Å². The molecule has 0 amide bonds. The molecule has 26 heavy (non-hydrogen) atoms. The first kappa shape index (κ1) is 18.6. The van der Waals surface area contributed by atoms with E-state index >= 15 is 0 Å². The summed E-state index contributed by atoms with van der Waals surface area (Å²) in [4.78, 5) is 4.54. The van der Waals surface area contributed by atoms with Crippen molar-refractivity contribution in [3.63, 3.8) is 0 Å². The Bertz CT molecular complexity index is 945. The number of nitrogens with zero attached hydrogens (tertiary/aromatic N) is 2. The van der Waals surface area contributed by atoms with E-state index in [0.717, 1.165) is 33.0 Å². The average Bonchev–Trinajstić information content (AvgIpc) is 2.72. The molecular weight excluding hydrogens is 456 g/mol. The van der Waals surface area contributed by atoms with Gasteiger partial charge in [-0.25, -0.2) is 4.98 Å². The van der Waals surface area contributed by atoms with Gasteiger partial charge in [-0.1, -0.05) is 80.4 Å². The van der Waals surface area contributed by atoms with E-state index in [1.165, 1.54) is 11.1 Å². The van der Waals surface area contributed by atoms with E-state index in [1.54, 1.807) is 7.11 Å². The van der Waals surface area contributed by atoms with Crippen LogP contribution < -0.4 is 4.74 Å². The van der Waals surface area contributed by atoms with Crippen molar-refractivity contribution >= 4 is 31.9 Å². The maximum atomic E-state index is 9.64. The van der Waals surface area contributed by atoms with E-state index < -0.39 is 0 Å². The molecule has 0 aliphatic carbocycles. The Kier molecular flexibility index (Phi) is 6.08. The van der Waals surface area contributed by atoms with Gasteiger partial charge in [-0.05, 0) is 22.8 Å². The SMILES string of the molecule is COc1nc(-c2ccc(CBr)cc2)cc(-c2ccc(CBr)cc2)c1C#N. The first-order valence-corrected chi connectivity index (χ1v) is 10.2. The summed E-state index contributed by atoms with van der Waals surface area (Å²) in [6.07, 6.45) is 0. The number of halogens is 2. The van der Waals surface area contributed by atoms with Crippen LogP contribution in [0, 0.1) is 11.3 Å². The lowest BCUT2D eigenvalue weighted by molar-refractivity contribution is 0.397. The Morgan fingerprint density at radius 2 is 1.46 bits per heavy atom. The molecule has 3 aromatic rings. The van der Waals surface area contributed by atoms with Gasteiger partial charge in [0.15, 0.2) is 0 Å². The number of hydrogen-bond donors (Lipinski definition) is 0. The van der Waals surface area contributed by atoms with Crippen LogP contribution >= 0.6 is 31.9 Å². The molecule has 3 nitrogen and oxygen atoms in total. The van der Waals surface area contributed by atoms with Gasteiger partial charge in [-0.3, -0.25) is 0 Å². The van der Waals surface area contributed by atoms with E-state index in [0.29, 0.717) is 11.4 Å². The molecule has 0 spiro atoms. The number of aromatic nitrogens is 1. The van der Waals surface area contributed by atoms with Gasteiger partial charge in [0.25, 0.3) is 0 Å². The second kappa shape index (κ2) is 8.48. The Morgan fingerprint density at radius 1 is 0.923 bits per heavy atom. The summed E-state index contributed by atoms with van der Waals surface area (Å²) in [7, 11) is 1.54. The van der Waals surface area contributed by atoms with Gasteiger partial charge < -0.3 is 4.74 Å². The fourth-order valence-corrected chi connectivity index (χ4v) is 3.44. The van der Waals surface area contributed by atoms with Crippen molar-refractivity contribution in [2.45, 2.75) is 10.7 Å². The zero-order chi connectivity index (χ0) is 18.5. The molecule has 1 heterocycles. The van der Waals surface area contributed by atoms with E-state index in [1.807, 2.05) is 42.5 Å². The zero-order valence-corrected chi connectivity index (χ0v) is 17.3. The van der Waals surface area contributed by atoms with Gasteiger partial charge in [-0.15, -0.1) is 0 Å². The zero-order valence-electron chi connectivity index (χ0n) is 14.2. The smallest absolute Gasteiger partial charge is 0.232 e. The Hall–Kier alpha value is -2.16. The summed E-state index contributed by atoms with van der Waals surface area (Å²) in [5.41, 5.74) is 6.36. The Morgan fingerprint density at radius 3 is 1.92 bits per heavy atom. The molecule has 130 valence electrons. The van der Waals surface area contributed by atoms with E-state index in [-0.39, 0.29) is 0 Å². The predicted octanol–water partition coefficient (Wildman–Crippen LogP) is 6.09. The minimum absolute atomic E-state index is 0.342. The second-order valence-electron chi connectivity index (χ2n) is 5.71. The molecule has 0 N–H and O–H groups in total. The van der Waals surface area contributed by atoms with Crippen molar-refractivity contribution in [1.82, 2.24) is 4.98 Å². The third kappa shape index (κ3) is 3.82. The van der Waals surface area contributed by atoms with Gasteiger partial charge in [-0.2, -0.15) is 5.26 Å². The minimum atomic E-state index is 0.342. The fourth-order valence-electron chi connectivity index (χ4n) is 2.69. The minimum Gasteiger partial charge on any atom is -0.480 e. The van der Waals surface area contributed by atoms with Crippen LogP contribution in [0.1, 0.15) is 16.7 Å². The summed E-state index contributed by atoms with van der Waals surface area (Å²) in [6, 6.07) is 20.5. The van der Waals surface area contributed by atoms with Gasteiger partial charge in [0, 0.05) is 21.8 Å². The van der Waals surface area contributed by atoms with Gasteiger partial charge in [0.2, 0.25) is 5.88 Å². The quantitative estimate of drug-likeness (QED) is 0.423. The number of hydrogen-bond acceptors (Lipinski definition) is 3. The van der Waals surface area contributed by atoms with Gasteiger partial charge in [0.1, 0.15) is 11.6 Å². The number of benzene rings is 2. The van der Waals surface area contributed by atoms with Crippen LogP contribution in [0.25, 0.3) is 22.4 Å². The molecular formula is C21H16Br2N2O. The lowest BCUT2D eigenvalue weighted by Crippen LogP contribution is -1.98. The van der Waals surface area contributed by atoms with Crippen LogP contribution in [-0.2, 0) is 10.7 Å². The molecule has 0 aliphatic rings. The standard InChI is InChI=1S/C21H16Br2N2O/c1-26-21-19(13-24)18(16-6-2-14(11-22)3-7-16)10-20(25-21)17-8-4-15(12-23)5-9-17/h2-10H,11-12H2,1H3. The molecule has 2 aromatic carbocycles. The third-order valence-corrected chi connectivity index (χ3v) is 5.41. The third-order valence-electron chi connectivity index (χ3n) is 4.11. The molecule has 0 radical (unpaired) electrons.